The van der Waals surface area contributed by atoms with E-state index in [0.29, 0.717) is 30.9 Å². The molecule has 0 aliphatic carbocycles. The van der Waals surface area contributed by atoms with Gasteiger partial charge in [-0.3, -0.25) is 4.79 Å². The van der Waals surface area contributed by atoms with E-state index in [0.717, 1.165) is 54.9 Å². The molecule has 3 aromatic rings. The lowest BCUT2D eigenvalue weighted by Crippen LogP contribution is -2.46. The second kappa shape index (κ2) is 11.6. The molecule has 0 aromatic carbocycles. The minimum atomic E-state index is -0.115. The molecule has 39 heavy (non-hydrogen) atoms. The zero-order valence-electron chi connectivity index (χ0n) is 24.0. The van der Waals surface area contributed by atoms with E-state index in [1.807, 2.05) is 31.3 Å². The van der Waals surface area contributed by atoms with Crippen LogP contribution in [0.15, 0.2) is 36.8 Å². The fraction of sp³-hybridized carbons (Fsp3) is 0.533. The number of nitrogens with zero attached hydrogens (tertiary/aromatic N) is 6. The van der Waals surface area contributed by atoms with Crippen LogP contribution < -0.4 is 9.64 Å². The van der Waals surface area contributed by atoms with E-state index in [1.54, 1.807) is 16.9 Å². The maximum absolute atomic E-state index is 12.8. The number of aromatic nitrogens is 3. The number of carbonyl (C=O) groups excluding carboxylic acids is 1. The van der Waals surface area contributed by atoms with Gasteiger partial charge in [0.15, 0.2) is 0 Å². The number of esters is 1. The van der Waals surface area contributed by atoms with Gasteiger partial charge in [0.1, 0.15) is 17.6 Å². The summed E-state index contributed by atoms with van der Waals surface area (Å²) < 4.78 is 13.1. The molecule has 0 radical (unpaired) electrons. The molecule has 1 fully saturated rings. The average molecular weight is 533 g/mol. The number of fused-ring (bicyclic) bond motifs is 1. The number of pyridine rings is 2. The van der Waals surface area contributed by atoms with Crippen LogP contribution in [0.1, 0.15) is 52.5 Å². The average Bonchev–Trinajstić information content (AvgIpc) is 3.30. The van der Waals surface area contributed by atoms with Gasteiger partial charge in [-0.15, -0.1) is 0 Å². The fourth-order valence-electron chi connectivity index (χ4n) is 5.30. The summed E-state index contributed by atoms with van der Waals surface area (Å²) in [5.74, 6) is 1.48. The molecule has 4 rings (SSSR count). The lowest BCUT2D eigenvalue weighted by atomic mass is 9.75. The van der Waals surface area contributed by atoms with Crippen molar-refractivity contribution in [1.29, 1.82) is 5.26 Å². The fourth-order valence-corrected chi connectivity index (χ4v) is 5.30. The Hall–Kier alpha value is -3.64. The quantitative estimate of drug-likeness (QED) is 0.363. The smallest absolute Gasteiger partial charge is 0.306 e. The summed E-state index contributed by atoms with van der Waals surface area (Å²) in [6.07, 6.45) is 7.41. The summed E-state index contributed by atoms with van der Waals surface area (Å²) in [5, 5.41) is 13.9. The van der Waals surface area contributed by atoms with Gasteiger partial charge in [-0.1, -0.05) is 20.8 Å². The number of hydrogen-bond donors (Lipinski definition) is 0. The Morgan fingerprint density at radius 1 is 1.21 bits per heavy atom. The summed E-state index contributed by atoms with van der Waals surface area (Å²) in [4.78, 5) is 22.0. The molecule has 0 N–H and O–H groups in total. The molecule has 0 bridgehead atoms. The van der Waals surface area contributed by atoms with Crippen LogP contribution in [0.4, 0.5) is 5.82 Å². The topological polar surface area (TPSA) is 96.0 Å². The Kier molecular flexibility index (Phi) is 8.45. The van der Waals surface area contributed by atoms with Crippen LogP contribution in [0.3, 0.4) is 0 Å². The van der Waals surface area contributed by atoms with E-state index in [2.05, 4.69) is 55.8 Å². The van der Waals surface area contributed by atoms with Crippen LogP contribution in [0.25, 0.3) is 16.6 Å². The van der Waals surface area contributed by atoms with E-state index in [-0.39, 0.29) is 16.8 Å². The summed E-state index contributed by atoms with van der Waals surface area (Å²) in [6, 6.07) is 8.23. The summed E-state index contributed by atoms with van der Waals surface area (Å²) >= 11 is 0. The first-order chi connectivity index (χ1) is 18.5. The van der Waals surface area contributed by atoms with Gasteiger partial charge in [-0.2, -0.15) is 10.4 Å². The highest BCUT2D eigenvalue weighted by molar-refractivity contribution is 5.85. The van der Waals surface area contributed by atoms with Crippen molar-refractivity contribution in [3.05, 3.63) is 42.4 Å². The first-order valence-electron chi connectivity index (χ1n) is 13.6. The van der Waals surface area contributed by atoms with Crippen molar-refractivity contribution in [2.45, 2.75) is 47.0 Å². The van der Waals surface area contributed by atoms with Crippen LogP contribution >= 0.6 is 0 Å². The molecular formula is C30H40N6O3. The van der Waals surface area contributed by atoms with E-state index in [1.165, 1.54) is 0 Å². The highest BCUT2D eigenvalue weighted by Gasteiger charge is 2.38. The van der Waals surface area contributed by atoms with E-state index in [9.17, 15) is 10.1 Å². The zero-order chi connectivity index (χ0) is 28.2. The Labute approximate surface area is 231 Å². The standard InChI is InChI=1S/C30H40N6O3/c1-7-38-24-14-25(28-23(16-31)18-33-36(28)19-24)22-8-9-26(32-17-22)35-12-10-30(11-13-35,20-34(5)6)15-27(37)39-21-29(2,3)4/h8-9,14,17-19H,7,10-13,15,20-21H2,1-6H3. The van der Waals surface area contributed by atoms with Gasteiger partial charge >= 0.3 is 5.97 Å². The van der Waals surface area contributed by atoms with Gasteiger partial charge in [0.25, 0.3) is 0 Å². The minimum absolute atomic E-state index is 0.0457. The number of carbonyl (C=O) groups is 1. The van der Waals surface area contributed by atoms with Gasteiger partial charge in [0, 0.05) is 37.0 Å². The summed E-state index contributed by atoms with van der Waals surface area (Å²) in [5.41, 5.74) is 2.83. The van der Waals surface area contributed by atoms with Crippen molar-refractivity contribution >= 4 is 17.3 Å². The number of ether oxygens (including phenoxy) is 2. The maximum atomic E-state index is 12.8. The monoisotopic (exact) mass is 532 g/mol. The lowest BCUT2D eigenvalue weighted by Gasteiger charge is -2.43. The van der Waals surface area contributed by atoms with E-state index in [4.69, 9.17) is 14.5 Å². The van der Waals surface area contributed by atoms with Crippen molar-refractivity contribution in [3.8, 4) is 22.9 Å². The number of anilines is 1. The SMILES string of the molecule is CCOc1cc(-c2ccc(N3CCC(CC(=O)OCC(C)(C)C)(CN(C)C)CC3)nc2)c2c(C#N)cnn2c1. The van der Waals surface area contributed by atoms with Gasteiger partial charge < -0.3 is 19.3 Å². The molecule has 0 atom stereocenters. The third-order valence-electron chi connectivity index (χ3n) is 7.06. The molecule has 0 unspecified atom stereocenters. The highest BCUT2D eigenvalue weighted by Crippen LogP contribution is 2.38. The van der Waals surface area contributed by atoms with Crippen molar-refractivity contribution in [2.75, 3.05) is 51.8 Å². The second-order valence-corrected chi connectivity index (χ2v) is 12.0. The molecule has 9 heteroatoms. The molecule has 9 nitrogen and oxygen atoms in total. The third kappa shape index (κ3) is 6.87. The molecule has 1 saturated heterocycles. The molecule has 0 saturated carbocycles. The molecule has 208 valence electrons. The minimum Gasteiger partial charge on any atom is -0.492 e. The van der Waals surface area contributed by atoms with Crippen molar-refractivity contribution < 1.29 is 14.3 Å². The maximum Gasteiger partial charge on any atom is 0.306 e. The Bertz CT molecular complexity index is 1330. The lowest BCUT2D eigenvalue weighted by molar-refractivity contribution is -0.150. The first kappa shape index (κ1) is 28.4. The van der Waals surface area contributed by atoms with Crippen LogP contribution in [-0.4, -0.2) is 72.4 Å². The van der Waals surface area contributed by atoms with Crippen LogP contribution in [0.5, 0.6) is 5.75 Å². The number of nitriles is 1. The normalized spacial score (nSPS) is 15.4. The number of piperidine rings is 1. The third-order valence-corrected chi connectivity index (χ3v) is 7.06. The summed E-state index contributed by atoms with van der Waals surface area (Å²) in [6.45, 7) is 11.6. The molecule has 0 amide bonds. The number of hydrogen-bond acceptors (Lipinski definition) is 8. The van der Waals surface area contributed by atoms with Gasteiger partial charge in [-0.05, 0) is 62.9 Å². The molecule has 1 aliphatic rings. The highest BCUT2D eigenvalue weighted by atomic mass is 16.5. The first-order valence-corrected chi connectivity index (χ1v) is 13.6. The molecule has 4 heterocycles. The Morgan fingerprint density at radius 2 is 1.95 bits per heavy atom. The van der Waals surface area contributed by atoms with Gasteiger partial charge in [0.2, 0.25) is 0 Å². The Morgan fingerprint density at radius 3 is 2.54 bits per heavy atom. The van der Waals surface area contributed by atoms with Gasteiger partial charge in [0.05, 0.1) is 43.1 Å². The number of rotatable bonds is 9. The molecule has 3 aromatic heterocycles. The van der Waals surface area contributed by atoms with Gasteiger partial charge in [-0.25, -0.2) is 9.50 Å². The summed E-state index contributed by atoms with van der Waals surface area (Å²) in [7, 11) is 4.12. The van der Waals surface area contributed by atoms with Crippen molar-refractivity contribution in [2.24, 2.45) is 10.8 Å². The predicted octanol–water partition coefficient (Wildman–Crippen LogP) is 4.79. The molecule has 0 spiro atoms. The van der Waals surface area contributed by atoms with Crippen LogP contribution in [0.2, 0.25) is 0 Å². The Balaban J connectivity index is 1.50. The van der Waals surface area contributed by atoms with Crippen LogP contribution in [-0.2, 0) is 9.53 Å². The van der Waals surface area contributed by atoms with E-state index >= 15 is 0 Å². The largest absolute Gasteiger partial charge is 0.492 e. The predicted molar refractivity (Wildman–Crippen MR) is 152 cm³/mol. The second-order valence-electron chi connectivity index (χ2n) is 12.0. The van der Waals surface area contributed by atoms with Crippen molar-refractivity contribution in [3.63, 3.8) is 0 Å². The molecule has 1 aliphatic heterocycles. The molecular weight excluding hydrogens is 492 g/mol. The van der Waals surface area contributed by atoms with E-state index < -0.39 is 0 Å². The van der Waals surface area contributed by atoms with Crippen molar-refractivity contribution in [1.82, 2.24) is 19.5 Å². The zero-order valence-corrected chi connectivity index (χ0v) is 24.0. The van der Waals surface area contributed by atoms with Crippen LogP contribution in [0, 0.1) is 22.2 Å².